The Labute approximate surface area is 202 Å². The predicted molar refractivity (Wildman–Crippen MR) is 134 cm³/mol. The Morgan fingerprint density at radius 2 is 1.59 bits per heavy atom. The molecule has 0 aliphatic heterocycles. The molecule has 2 aromatic rings. The Kier molecular flexibility index (Phi) is 12.1. The number of hydrogen-bond acceptors (Lipinski definition) is 4. The molecule has 0 aliphatic carbocycles. The zero-order valence-electron chi connectivity index (χ0n) is 19.0. The molecule has 1 N–H and O–H groups in total. The Morgan fingerprint density at radius 3 is 2.22 bits per heavy atom. The van der Waals surface area contributed by atoms with Gasteiger partial charge in [-0.15, -0.1) is 0 Å². The summed E-state index contributed by atoms with van der Waals surface area (Å²) in [5.74, 6) is 1.78. The number of halogens is 2. The summed E-state index contributed by atoms with van der Waals surface area (Å²) in [6.07, 6.45) is 6.30. The molecule has 6 heteroatoms. The minimum atomic E-state index is 0.207. The van der Waals surface area contributed by atoms with Gasteiger partial charge in [0.1, 0.15) is 22.6 Å². The molecule has 2 rings (SSSR count). The van der Waals surface area contributed by atoms with E-state index in [0.29, 0.717) is 19.8 Å². The van der Waals surface area contributed by atoms with Gasteiger partial charge in [0.25, 0.3) is 0 Å². The van der Waals surface area contributed by atoms with E-state index in [2.05, 4.69) is 25.9 Å². The zero-order chi connectivity index (χ0) is 23.2. The van der Waals surface area contributed by atoms with Crippen molar-refractivity contribution in [1.82, 2.24) is 5.48 Å². The van der Waals surface area contributed by atoms with Crippen LogP contribution < -0.4 is 15.0 Å². The minimum Gasteiger partial charge on any atom is -0.493 e. The van der Waals surface area contributed by atoms with Crippen LogP contribution in [-0.4, -0.2) is 19.8 Å². The van der Waals surface area contributed by atoms with Crippen molar-refractivity contribution in [3.05, 3.63) is 76.3 Å². The average Bonchev–Trinajstić information content (AvgIpc) is 2.81. The molecule has 0 radical (unpaired) electrons. The van der Waals surface area contributed by atoms with Crippen LogP contribution in [0.4, 0.5) is 0 Å². The molecule has 0 fully saturated rings. The summed E-state index contributed by atoms with van der Waals surface area (Å²) in [6, 6.07) is 14.0. The summed E-state index contributed by atoms with van der Waals surface area (Å²) in [5.41, 5.74) is 7.00. The largest absolute Gasteiger partial charge is 0.493 e. The molecule has 174 valence electrons. The lowest BCUT2D eigenvalue weighted by Gasteiger charge is -2.17. The van der Waals surface area contributed by atoms with Gasteiger partial charge in [0, 0.05) is 0 Å². The highest BCUT2D eigenvalue weighted by atomic mass is 35.5. The third kappa shape index (κ3) is 9.15. The molecule has 0 saturated carbocycles. The maximum atomic E-state index is 6.17. The van der Waals surface area contributed by atoms with Crippen molar-refractivity contribution in [2.45, 2.75) is 46.0 Å². The Bertz CT molecular complexity index is 840. The van der Waals surface area contributed by atoms with Crippen LogP contribution in [0.3, 0.4) is 0 Å². The summed E-state index contributed by atoms with van der Waals surface area (Å²) in [5, 5.41) is 0. The van der Waals surface area contributed by atoms with Gasteiger partial charge in [-0.3, -0.25) is 10.3 Å². The highest BCUT2D eigenvalue weighted by Crippen LogP contribution is 2.31. The number of benzene rings is 2. The van der Waals surface area contributed by atoms with Crippen LogP contribution >= 0.6 is 23.2 Å². The number of aryl methyl sites for hydroxylation is 2. The maximum absolute atomic E-state index is 6.17. The second-order valence-electron chi connectivity index (χ2n) is 7.29. The van der Waals surface area contributed by atoms with E-state index in [1.807, 2.05) is 42.5 Å². The first-order chi connectivity index (χ1) is 15.5. The number of ether oxygens (including phenoxy) is 2. The first-order valence-electron chi connectivity index (χ1n) is 11.1. The highest BCUT2D eigenvalue weighted by Gasteiger charge is 2.11. The third-order valence-electron chi connectivity index (χ3n) is 4.92. The summed E-state index contributed by atoms with van der Waals surface area (Å²) in [4.78, 5) is 5.52. The molecule has 4 nitrogen and oxygen atoms in total. The lowest BCUT2D eigenvalue weighted by Crippen LogP contribution is -2.13. The molecule has 0 atom stereocenters. The van der Waals surface area contributed by atoms with Crippen LogP contribution in [0.15, 0.2) is 59.6 Å². The molecule has 0 saturated heterocycles. The zero-order valence-corrected chi connectivity index (χ0v) is 20.5. The van der Waals surface area contributed by atoms with Crippen LogP contribution in [0.25, 0.3) is 5.70 Å². The topological polar surface area (TPSA) is 39.7 Å². The van der Waals surface area contributed by atoms with Crippen LogP contribution in [0.2, 0.25) is 0 Å². The van der Waals surface area contributed by atoms with Crippen molar-refractivity contribution in [3.8, 4) is 11.5 Å². The van der Waals surface area contributed by atoms with Crippen molar-refractivity contribution in [3.63, 3.8) is 0 Å². The number of hydrogen-bond donors (Lipinski definition) is 1. The number of unbranched alkanes of at least 4 members (excludes halogenated alkanes) is 2. The molecule has 0 aliphatic rings. The molecule has 0 amide bonds. The fourth-order valence-electron chi connectivity index (χ4n) is 3.18. The molecule has 0 heterocycles. The fourth-order valence-corrected chi connectivity index (χ4v) is 3.31. The quantitative estimate of drug-likeness (QED) is 0.216. The third-order valence-corrected chi connectivity index (χ3v) is 5.23. The predicted octanol–water partition coefficient (Wildman–Crippen LogP) is 7.25. The van der Waals surface area contributed by atoms with Gasteiger partial charge in [0.2, 0.25) is 0 Å². The normalized spacial score (nSPS) is 10.5. The van der Waals surface area contributed by atoms with Crippen molar-refractivity contribution >= 4 is 28.9 Å². The molecule has 0 spiro atoms. The van der Waals surface area contributed by atoms with E-state index >= 15 is 0 Å². The van der Waals surface area contributed by atoms with Gasteiger partial charge < -0.3 is 9.47 Å². The lowest BCUT2D eigenvalue weighted by molar-refractivity contribution is 0.0747. The number of nitrogens with one attached hydrogen (secondary N) is 1. The fraction of sp³-hybridized carbons (Fsp3) is 0.385. The molecule has 32 heavy (non-hydrogen) atoms. The van der Waals surface area contributed by atoms with Crippen LogP contribution in [0, 0.1) is 0 Å². The Morgan fingerprint density at radius 1 is 0.938 bits per heavy atom. The smallest absolute Gasteiger partial charge is 0.125 e. The van der Waals surface area contributed by atoms with Crippen LogP contribution in [-0.2, 0) is 17.7 Å². The first kappa shape index (κ1) is 26.1. The van der Waals surface area contributed by atoms with Crippen molar-refractivity contribution in [2.75, 3.05) is 19.8 Å². The minimum absolute atomic E-state index is 0.207. The molecular formula is C26H33Cl2NO3. The van der Waals surface area contributed by atoms with Gasteiger partial charge in [0.15, 0.2) is 0 Å². The second-order valence-corrected chi connectivity index (χ2v) is 8.29. The van der Waals surface area contributed by atoms with Gasteiger partial charge in [-0.2, -0.15) is 0 Å². The van der Waals surface area contributed by atoms with Gasteiger partial charge in [-0.05, 0) is 67.0 Å². The SMILES string of the molecule is C=C(NOCCCCCOc1c(CC)cc(OCC=C(Cl)Cl)cc1CC)c1ccccc1. The molecule has 0 bridgehead atoms. The monoisotopic (exact) mass is 477 g/mol. The van der Waals surface area contributed by atoms with Crippen LogP contribution in [0.1, 0.15) is 49.8 Å². The van der Waals surface area contributed by atoms with Crippen LogP contribution in [0.5, 0.6) is 11.5 Å². The van der Waals surface area contributed by atoms with E-state index in [9.17, 15) is 0 Å². The lowest BCUT2D eigenvalue weighted by atomic mass is 10.0. The second kappa shape index (κ2) is 14.8. The van der Waals surface area contributed by atoms with E-state index in [1.165, 1.54) is 0 Å². The van der Waals surface area contributed by atoms with Gasteiger partial charge >= 0.3 is 0 Å². The Balaban J connectivity index is 1.72. The average molecular weight is 478 g/mol. The number of rotatable bonds is 15. The summed E-state index contributed by atoms with van der Waals surface area (Å²) in [6.45, 7) is 9.87. The summed E-state index contributed by atoms with van der Waals surface area (Å²) < 4.78 is 12.1. The van der Waals surface area contributed by atoms with E-state index in [-0.39, 0.29) is 4.49 Å². The molecule has 2 aromatic carbocycles. The molecule has 0 unspecified atom stereocenters. The first-order valence-corrected chi connectivity index (χ1v) is 11.8. The van der Waals surface area contributed by atoms with Gasteiger partial charge in [-0.1, -0.05) is 74.0 Å². The van der Waals surface area contributed by atoms with Crippen molar-refractivity contribution in [2.24, 2.45) is 0 Å². The highest BCUT2D eigenvalue weighted by molar-refractivity contribution is 6.55. The van der Waals surface area contributed by atoms with Gasteiger partial charge in [0.05, 0.1) is 18.9 Å². The maximum Gasteiger partial charge on any atom is 0.125 e. The Hall–Kier alpha value is -2.14. The van der Waals surface area contributed by atoms with E-state index in [1.54, 1.807) is 6.08 Å². The van der Waals surface area contributed by atoms with Crippen molar-refractivity contribution in [1.29, 1.82) is 0 Å². The summed E-state index contributed by atoms with van der Waals surface area (Å²) in [7, 11) is 0. The van der Waals surface area contributed by atoms with E-state index < -0.39 is 0 Å². The molecule has 0 aromatic heterocycles. The summed E-state index contributed by atoms with van der Waals surface area (Å²) >= 11 is 11.3. The van der Waals surface area contributed by atoms with Crippen molar-refractivity contribution < 1.29 is 14.3 Å². The van der Waals surface area contributed by atoms with E-state index in [4.69, 9.17) is 37.5 Å². The van der Waals surface area contributed by atoms with E-state index in [0.717, 1.165) is 66.0 Å². The number of hydroxylamine groups is 1. The van der Waals surface area contributed by atoms with Gasteiger partial charge in [-0.25, -0.2) is 0 Å². The standard InChI is InChI=1S/C26H33Cl2NO3/c1-4-21-18-24(30-17-14-25(27)28)19-22(5-2)26(21)31-15-10-7-11-16-32-29-20(3)23-12-8-6-9-13-23/h6,8-9,12-14,18-19,29H,3-5,7,10-11,15-17H2,1-2H3. The molecular weight excluding hydrogens is 445 g/mol.